The first-order valence-electron chi connectivity index (χ1n) is 15.2. The van der Waals surface area contributed by atoms with Gasteiger partial charge in [0.05, 0.1) is 27.4 Å². The van der Waals surface area contributed by atoms with Crippen LogP contribution in [0.25, 0.3) is 40.3 Å². The quantitative estimate of drug-likeness (QED) is 0.182. The van der Waals surface area contributed by atoms with E-state index in [1.54, 1.807) is 6.20 Å². The Morgan fingerprint density at radius 2 is 1.30 bits per heavy atom. The van der Waals surface area contributed by atoms with Gasteiger partial charge in [-0.15, -0.1) is 22.7 Å². The molecule has 5 nitrogen and oxygen atoms in total. The molecule has 7 heteroatoms. The fourth-order valence-corrected chi connectivity index (χ4v) is 8.72. The molecule has 1 aliphatic heterocycles. The molecule has 0 N–H and O–H groups in total. The van der Waals surface area contributed by atoms with Crippen molar-refractivity contribution in [2.75, 3.05) is 23.5 Å². The van der Waals surface area contributed by atoms with Crippen LogP contribution in [0.4, 0.5) is 22.7 Å². The zero-order valence-electron chi connectivity index (χ0n) is 25.0. The number of pyridine rings is 1. The molecule has 0 amide bonds. The highest BCUT2D eigenvalue weighted by Crippen LogP contribution is 2.51. The molecule has 8 aromatic rings. The number of aromatic nitrogens is 1. The maximum absolute atomic E-state index is 6.47. The number of para-hydroxylation sites is 1. The number of nitrogens with zero attached hydrogens (tertiary/aromatic N) is 4. The molecule has 0 unspecified atom stereocenters. The topological polar surface area (TPSA) is 31.8 Å². The number of thiophene rings is 2. The lowest BCUT2D eigenvalue weighted by Gasteiger charge is -2.29. The highest BCUT2D eigenvalue weighted by Gasteiger charge is 2.25. The minimum Gasteiger partial charge on any atom is -0.439 e. The fraction of sp³-hybridized carbons (Fsp3) is 0.0513. The Labute approximate surface area is 274 Å². The molecule has 0 aliphatic carbocycles. The Hall–Kier alpha value is -5.37. The summed E-state index contributed by atoms with van der Waals surface area (Å²) in [6.07, 6.45) is 6.06. The highest BCUT2D eigenvalue weighted by atomic mass is 32.1. The molecular weight excluding hydrogens is 605 g/mol. The SMILES string of the molecule is CN1C=CN(c2cc(N(c3ccccc3)c3cc(Oc4ccccn4)cc4c3sc3ccccc34)c3sc4ccccc4c3c2)C1. The largest absolute Gasteiger partial charge is 0.439 e. The zero-order valence-corrected chi connectivity index (χ0v) is 26.6. The summed E-state index contributed by atoms with van der Waals surface area (Å²) in [4.78, 5) is 11.4. The monoisotopic (exact) mass is 632 g/mol. The molecule has 1 aliphatic rings. The molecule has 0 atom stereocenters. The third kappa shape index (κ3) is 4.55. The van der Waals surface area contributed by atoms with Crippen LogP contribution in [0.5, 0.6) is 11.6 Å². The zero-order chi connectivity index (χ0) is 30.6. The van der Waals surface area contributed by atoms with Crippen LogP contribution in [-0.4, -0.2) is 23.6 Å². The van der Waals surface area contributed by atoms with E-state index in [0.717, 1.165) is 40.6 Å². The molecule has 0 bridgehead atoms. The molecule has 0 spiro atoms. The van der Waals surface area contributed by atoms with Crippen molar-refractivity contribution in [3.8, 4) is 11.6 Å². The van der Waals surface area contributed by atoms with Crippen molar-refractivity contribution >= 4 is 85.8 Å². The second-order valence-corrected chi connectivity index (χ2v) is 13.6. The standard InChI is InChI=1S/C39H28N4OS2/c1-41-19-20-42(25-41)27-21-31-29-13-5-7-15-35(29)45-38(31)33(22-27)43(26-11-3-2-4-12-26)34-24-28(44-37-17-9-10-18-40-37)23-32-30-14-6-8-16-36(30)46-39(32)34/h2-24H,25H2,1H3. The van der Waals surface area contributed by atoms with Gasteiger partial charge >= 0.3 is 0 Å². The van der Waals surface area contributed by atoms with Crippen molar-refractivity contribution < 1.29 is 4.74 Å². The third-order valence-corrected chi connectivity index (χ3v) is 10.9. The molecule has 5 aromatic carbocycles. The summed E-state index contributed by atoms with van der Waals surface area (Å²) in [6.45, 7) is 0.798. The number of anilines is 4. The maximum Gasteiger partial charge on any atom is 0.219 e. The smallest absolute Gasteiger partial charge is 0.219 e. The molecule has 222 valence electrons. The van der Waals surface area contributed by atoms with E-state index in [4.69, 9.17) is 4.74 Å². The lowest BCUT2D eigenvalue weighted by Crippen LogP contribution is -2.22. The number of ether oxygens (including phenoxy) is 1. The van der Waals surface area contributed by atoms with Crippen molar-refractivity contribution in [1.29, 1.82) is 0 Å². The van der Waals surface area contributed by atoms with Crippen molar-refractivity contribution in [3.05, 3.63) is 140 Å². The molecule has 46 heavy (non-hydrogen) atoms. The Morgan fingerprint density at radius 1 is 0.652 bits per heavy atom. The van der Waals surface area contributed by atoms with Crippen LogP contribution in [0, 0.1) is 0 Å². The predicted octanol–water partition coefficient (Wildman–Crippen LogP) is 11.3. The minimum atomic E-state index is 0.567. The van der Waals surface area contributed by atoms with Crippen molar-refractivity contribution in [2.24, 2.45) is 0 Å². The molecule has 3 aromatic heterocycles. The van der Waals surface area contributed by atoms with Crippen molar-refractivity contribution in [1.82, 2.24) is 9.88 Å². The Kier molecular flexibility index (Phi) is 6.40. The van der Waals surface area contributed by atoms with Crippen LogP contribution in [-0.2, 0) is 0 Å². The average Bonchev–Trinajstić information content (AvgIpc) is 3.81. The van der Waals surface area contributed by atoms with Gasteiger partial charge in [0.25, 0.3) is 0 Å². The first kappa shape index (κ1) is 27.0. The Morgan fingerprint density at radius 3 is 1.98 bits per heavy atom. The molecule has 0 saturated carbocycles. The van der Waals surface area contributed by atoms with Gasteiger partial charge in [0.2, 0.25) is 5.88 Å². The van der Waals surface area contributed by atoms with Gasteiger partial charge in [-0.1, -0.05) is 60.7 Å². The van der Waals surface area contributed by atoms with Gasteiger partial charge in [0.15, 0.2) is 0 Å². The van der Waals surface area contributed by atoms with Gasteiger partial charge in [0.1, 0.15) is 5.75 Å². The minimum absolute atomic E-state index is 0.567. The van der Waals surface area contributed by atoms with Crippen LogP contribution < -0.4 is 14.5 Å². The molecular formula is C39H28N4OS2. The number of fused-ring (bicyclic) bond motifs is 6. The molecule has 0 fully saturated rings. The second kappa shape index (κ2) is 10.9. The third-order valence-electron chi connectivity index (χ3n) is 8.44. The van der Waals surface area contributed by atoms with Gasteiger partial charge in [-0.2, -0.15) is 0 Å². The van der Waals surface area contributed by atoms with Gasteiger partial charge in [-0.25, -0.2) is 4.98 Å². The van der Waals surface area contributed by atoms with E-state index < -0.39 is 0 Å². The summed E-state index contributed by atoms with van der Waals surface area (Å²) in [5, 5.41) is 4.91. The van der Waals surface area contributed by atoms with Gasteiger partial charge in [-0.3, -0.25) is 0 Å². The summed E-state index contributed by atoms with van der Waals surface area (Å²) in [7, 11) is 2.11. The van der Waals surface area contributed by atoms with Crippen LogP contribution in [0.3, 0.4) is 0 Å². The van der Waals surface area contributed by atoms with Crippen LogP contribution in [0.1, 0.15) is 0 Å². The lowest BCUT2D eigenvalue weighted by molar-refractivity contribution is 0.464. The Balaban J connectivity index is 1.37. The maximum atomic E-state index is 6.47. The van der Waals surface area contributed by atoms with E-state index in [0.29, 0.717) is 5.88 Å². The van der Waals surface area contributed by atoms with E-state index in [-0.39, 0.29) is 0 Å². The number of rotatable bonds is 6. The number of hydrogen-bond donors (Lipinski definition) is 0. The summed E-state index contributed by atoms with van der Waals surface area (Å²) in [5.41, 5.74) is 4.44. The fourth-order valence-electron chi connectivity index (χ4n) is 6.34. The van der Waals surface area contributed by atoms with E-state index in [1.807, 2.05) is 40.9 Å². The lowest BCUT2D eigenvalue weighted by atomic mass is 10.1. The first-order valence-corrected chi connectivity index (χ1v) is 16.8. The molecule has 0 saturated heterocycles. The normalized spacial score (nSPS) is 13.1. The average molecular weight is 633 g/mol. The van der Waals surface area contributed by atoms with E-state index in [1.165, 1.54) is 35.0 Å². The van der Waals surface area contributed by atoms with Gasteiger partial charge < -0.3 is 19.4 Å². The number of benzene rings is 5. The van der Waals surface area contributed by atoms with Gasteiger partial charge in [0, 0.05) is 80.1 Å². The molecule has 9 rings (SSSR count). The summed E-state index contributed by atoms with van der Waals surface area (Å²) < 4.78 is 11.4. The summed E-state index contributed by atoms with van der Waals surface area (Å²) in [6, 6.07) is 42.8. The second-order valence-electron chi connectivity index (χ2n) is 11.5. The molecule has 4 heterocycles. The van der Waals surface area contributed by atoms with E-state index in [2.05, 4.69) is 142 Å². The van der Waals surface area contributed by atoms with Crippen LogP contribution in [0.2, 0.25) is 0 Å². The van der Waals surface area contributed by atoms with Crippen LogP contribution >= 0.6 is 22.7 Å². The predicted molar refractivity (Wildman–Crippen MR) is 195 cm³/mol. The van der Waals surface area contributed by atoms with E-state index >= 15 is 0 Å². The van der Waals surface area contributed by atoms with Crippen molar-refractivity contribution in [2.45, 2.75) is 0 Å². The van der Waals surface area contributed by atoms with Gasteiger partial charge in [-0.05, 0) is 48.5 Å². The van der Waals surface area contributed by atoms with Crippen LogP contribution in [0.15, 0.2) is 140 Å². The first-order chi connectivity index (χ1) is 22.7. The summed E-state index contributed by atoms with van der Waals surface area (Å²) in [5.74, 6) is 1.32. The van der Waals surface area contributed by atoms with Crippen molar-refractivity contribution in [3.63, 3.8) is 0 Å². The highest BCUT2D eigenvalue weighted by molar-refractivity contribution is 7.27. The molecule has 0 radical (unpaired) electrons. The Bertz CT molecular complexity index is 2420. The summed E-state index contributed by atoms with van der Waals surface area (Å²) >= 11 is 3.67. The number of hydrogen-bond acceptors (Lipinski definition) is 7. The van der Waals surface area contributed by atoms with E-state index in [9.17, 15) is 0 Å².